The molecule has 0 unspecified atom stereocenters. The Bertz CT molecular complexity index is 873. The average Bonchev–Trinajstić information content (AvgIpc) is 2.77. The summed E-state index contributed by atoms with van der Waals surface area (Å²) in [6.07, 6.45) is 0. The maximum atomic E-state index is 2.25. The van der Waals surface area contributed by atoms with E-state index in [4.69, 9.17) is 0 Å². The van der Waals surface area contributed by atoms with Crippen molar-refractivity contribution in [3.63, 3.8) is 0 Å². The van der Waals surface area contributed by atoms with E-state index in [1.165, 1.54) is 20.9 Å². The van der Waals surface area contributed by atoms with E-state index in [2.05, 4.69) is 121 Å². The third-order valence-corrected chi connectivity index (χ3v) is 7.26. The van der Waals surface area contributed by atoms with Gasteiger partial charge in [-0.15, -0.1) is 23.5 Å². The van der Waals surface area contributed by atoms with Gasteiger partial charge in [-0.2, -0.15) is 0 Å². The molecule has 0 heterocycles. The van der Waals surface area contributed by atoms with E-state index in [0.29, 0.717) is 4.58 Å². The molecule has 0 amide bonds. The Hall–Kier alpha value is -2.42. The highest BCUT2D eigenvalue weighted by atomic mass is 32.2. The lowest BCUT2D eigenvalue weighted by atomic mass is 9.93. The van der Waals surface area contributed by atoms with Crippen LogP contribution in [0.1, 0.15) is 17.0 Å². The molecule has 0 nitrogen and oxygen atoms in total. The van der Waals surface area contributed by atoms with E-state index < -0.39 is 0 Å². The summed E-state index contributed by atoms with van der Waals surface area (Å²) in [7, 11) is 0. The van der Waals surface area contributed by atoms with Crippen molar-refractivity contribution < 1.29 is 0 Å². The van der Waals surface area contributed by atoms with Gasteiger partial charge >= 0.3 is 0 Å². The molecule has 0 radical (unpaired) electrons. The zero-order chi connectivity index (χ0) is 19.0. The van der Waals surface area contributed by atoms with Crippen LogP contribution >= 0.6 is 23.5 Å². The van der Waals surface area contributed by atoms with E-state index in [1.807, 2.05) is 23.5 Å². The number of benzene rings is 4. The largest absolute Gasteiger partial charge is 0.110 e. The molecular formula is C26H22S2. The first-order valence-corrected chi connectivity index (χ1v) is 11.2. The minimum atomic E-state index is 0.290. The van der Waals surface area contributed by atoms with Gasteiger partial charge in [0, 0.05) is 15.7 Å². The van der Waals surface area contributed by atoms with Crippen molar-refractivity contribution in [1.29, 1.82) is 0 Å². The second kappa shape index (κ2) is 9.68. The van der Waals surface area contributed by atoms with Crippen molar-refractivity contribution in [3.8, 4) is 0 Å². The summed E-state index contributed by atoms with van der Waals surface area (Å²) in [4.78, 5) is 2.60. The molecule has 0 aliphatic carbocycles. The van der Waals surface area contributed by atoms with E-state index in [9.17, 15) is 0 Å². The fourth-order valence-electron chi connectivity index (χ4n) is 3.25. The molecule has 0 saturated heterocycles. The average molecular weight is 399 g/mol. The standard InChI is InChI=1S/C26H22S2/c1-5-13-21(14-6-1)25(22-15-7-2-8-16-22)26(27-23-17-9-3-10-18-23)28-24-19-11-4-12-20-24/h1-20,25-26H. The molecule has 0 atom stereocenters. The fourth-order valence-corrected chi connectivity index (χ4v) is 6.18. The van der Waals surface area contributed by atoms with Crippen LogP contribution in [0.25, 0.3) is 0 Å². The molecule has 0 aliphatic rings. The monoisotopic (exact) mass is 398 g/mol. The summed E-state index contributed by atoms with van der Waals surface area (Å²) in [5.41, 5.74) is 2.70. The smallest absolute Gasteiger partial charge is 0.0705 e. The van der Waals surface area contributed by atoms with Gasteiger partial charge < -0.3 is 0 Å². The quantitative estimate of drug-likeness (QED) is 0.231. The van der Waals surface area contributed by atoms with Gasteiger partial charge in [0.05, 0.1) is 4.58 Å². The summed E-state index contributed by atoms with van der Waals surface area (Å²) in [6, 6.07) is 43.2. The third-order valence-electron chi connectivity index (χ3n) is 4.58. The molecule has 28 heavy (non-hydrogen) atoms. The first kappa shape index (κ1) is 18.9. The van der Waals surface area contributed by atoms with Gasteiger partial charge in [0.25, 0.3) is 0 Å². The van der Waals surface area contributed by atoms with Crippen molar-refractivity contribution in [2.45, 2.75) is 20.3 Å². The molecule has 4 aromatic rings. The van der Waals surface area contributed by atoms with Crippen LogP contribution in [0.4, 0.5) is 0 Å². The minimum absolute atomic E-state index is 0.290. The number of hydrogen-bond donors (Lipinski definition) is 0. The summed E-state index contributed by atoms with van der Waals surface area (Å²) >= 11 is 3.89. The molecule has 4 rings (SSSR count). The van der Waals surface area contributed by atoms with Crippen LogP contribution in [0.2, 0.25) is 0 Å². The lowest BCUT2D eigenvalue weighted by Gasteiger charge is -2.27. The van der Waals surface area contributed by atoms with E-state index >= 15 is 0 Å². The van der Waals surface area contributed by atoms with Crippen LogP contribution in [0.15, 0.2) is 131 Å². The fraction of sp³-hybridized carbons (Fsp3) is 0.0769. The van der Waals surface area contributed by atoms with E-state index in [-0.39, 0.29) is 5.92 Å². The highest BCUT2D eigenvalue weighted by molar-refractivity contribution is 8.17. The molecule has 0 aromatic heterocycles. The maximum absolute atomic E-state index is 2.25. The lowest BCUT2D eigenvalue weighted by molar-refractivity contribution is 0.899. The van der Waals surface area contributed by atoms with Gasteiger partial charge in [-0.3, -0.25) is 0 Å². The van der Waals surface area contributed by atoms with Crippen molar-refractivity contribution in [1.82, 2.24) is 0 Å². The summed E-state index contributed by atoms with van der Waals surface area (Å²) < 4.78 is 0.314. The first-order chi connectivity index (χ1) is 13.9. The minimum Gasteiger partial charge on any atom is -0.110 e. The summed E-state index contributed by atoms with van der Waals surface area (Å²) in [5.74, 6) is 0.290. The molecule has 0 fully saturated rings. The van der Waals surface area contributed by atoms with Gasteiger partial charge in [-0.25, -0.2) is 0 Å². The van der Waals surface area contributed by atoms with Crippen LogP contribution in [-0.2, 0) is 0 Å². The molecule has 0 spiro atoms. The van der Waals surface area contributed by atoms with Crippen molar-refractivity contribution >= 4 is 23.5 Å². The van der Waals surface area contributed by atoms with Crippen LogP contribution in [0.5, 0.6) is 0 Å². The Labute approximate surface area is 176 Å². The molecule has 0 N–H and O–H groups in total. The van der Waals surface area contributed by atoms with Crippen molar-refractivity contribution in [2.75, 3.05) is 0 Å². The van der Waals surface area contributed by atoms with Crippen LogP contribution < -0.4 is 0 Å². The van der Waals surface area contributed by atoms with Gasteiger partial charge in [-0.1, -0.05) is 97.1 Å². The van der Waals surface area contributed by atoms with Gasteiger partial charge in [0.1, 0.15) is 0 Å². The molecule has 138 valence electrons. The second-order valence-corrected chi connectivity index (χ2v) is 9.26. The number of rotatable bonds is 7. The topological polar surface area (TPSA) is 0 Å². The highest BCUT2D eigenvalue weighted by Crippen LogP contribution is 2.46. The second-order valence-electron chi connectivity index (χ2n) is 6.53. The Kier molecular flexibility index (Phi) is 6.54. The van der Waals surface area contributed by atoms with Crippen LogP contribution in [0.3, 0.4) is 0 Å². The number of hydrogen-bond acceptors (Lipinski definition) is 2. The predicted molar refractivity (Wildman–Crippen MR) is 123 cm³/mol. The van der Waals surface area contributed by atoms with Crippen molar-refractivity contribution in [2.24, 2.45) is 0 Å². The zero-order valence-corrected chi connectivity index (χ0v) is 17.2. The molecule has 0 saturated carbocycles. The Morgan fingerprint density at radius 1 is 0.393 bits per heavy atom. The summed E-state index contributed by atoms with van der Waals surface area (Å²) in [6.45, 7) is 0. The van der Waals surface area contributed by atoms with E-state index in [1.54, 1.807) is 0 Å². The van der Waals surface area contributed by atoms with Crippen LogP contribution in [-0.4, -0.2) is 4.58 Å². The molecule has 0 bridgehead atoms. The number of thioether (sulfide) groups is 2. The highest BCUT2D eigenvalue weighted by Gasteiger charge is 2.27. The molecule has 0 aliphatic heterocycles. The molecule has 4 aromatic carbocycles. The van der Waals surface area contributed by atoms with E-state index in [0.717, 1.165) is 0 Å². The Morgan fingerprint density at radius 3 is 1.07 bits per heavy atom. The Morgan fingerprint density at radius 2 is 0.714 bits per heavy atom. The summed E-state index contributed by atoms with van der Waals surface area (Å²) in [5, 5.41) is 0. The Balaban J connectivity index is 1.76. The molecule has 2 heteroatoms. The predicted octanol–water partition coefficient (Wildman–Crippen LogP) is 7.73. The third kappa shape index (κ3) is 4.89. The molecular weight excluding hydrogens is 376 g/mol. The van der Waals surface area contributed by atoms with Gasteiger partial charge in [0.15, 0.2) is 0 Å². The van der Waals surface area contributed by atoms with Gasteiger partial charge in [-0.05, 0) is 35.4 Å². The zero-order valence-electron chi connectivity index (χ0n) is 15.5. The van der Waals surface area contributed by atoms with Crippen LogP contribution in [0, 0.1) is 0 Å². The lowest BCUT2D eigenvalue weighted by Crippen LogP contribution is -2.14. The first-order valence-electron chi connectivity index (χ1n) is 9.43. The van der Waals surface area contributed by atoms with Gasteiger partial charge in [0.2, 0.25) is 0 Å². The SMILES string of the molecule is c1ccc(SC(Sc2ccccc2)C(c2ccccc2)c2ccccc2)cc1. The van der Waals surface area contributed by atoms with Crippen molar-refractivity contribution in [3.05, 3.63) is 132 Å². The normalized spacial score (nSPS) is 11.1. The maximum Gasteiger partial charge on any atom is 0.0705 e.